The molecule has 1 aliphatic heterocycles. The quantitative estimate of drug-likeness (QED) is 0.805. The van der Waals surface area contributed by atoms with E-state index in [0.717, 1.165) is 19.4 Å². The molecule has 0 radical (unpaired) electrons. The highest BCUT2D eigenvalue weighted by molar-refractivity contribution is 6.43. The average Bonchev–Trinajstić information content (AvgIpc) is 2.96. The molecular formula is C13H14Cl2N2O. The van der Waals surface area contributed by atoms with Gasteiger partial charge in [-0.2, -0.15) is 0 Å². The van der Waals surface area contributed by atoms with E-state index >= 15 is 0 Å². The number of nitrogens with zero attached hydrogens (tertiary/aromatic N) is 1. The molecule has 1 aromatic carbocycles. The number of piperidine rings is 1. The number of hydrogen-bond donors (Lipinski definition) is 1. The first-order valence-corrected chi connectivity index (χ1v) is 6.87. The van der Waals surface area contributed by atoms with E-state index in [1.165, 1.54) is 6.42 Å². The molecule has 18 heavy (non-hydrogen) atoms. The molecule has 2 unspecified atom stereocenters. The van der Waals surface area contributed by atoms with Crippen molar-refractivity contribution in [3.05, 3.63) is 27.7 Å². The lowest BCUT2D eigenvalue weighted by Crippen LogP contribution is -2.37. The fraction of sp³-hybridized carbons (Fsp3) is 0.462. The average molecular weight is 285 g/mol. The third-order valence-corrected chi connectivity index (χ3v) is 4.79. The summed E-state index contributed by atoms with van der Waals surface area (Å²) in [5.74, 6) is 0.700. The second-order valence-electron chi connectivity index (χ2n) is 5.15. The van der Waals surface area contributed by atoms with E-state index in [9.17, 15) is 4.79 Å². The van der Waals surface area contributed by atoms with Crippen molar-refractivity contribution in [2.24, 2.45) is 5.92 Å². The van der Waals surface area contributed by atoms with Crippen molar-refractivity contribution in [2.75, 3.05) is 12.3 Å². The van der Waals surface area contributed by atoms with Crippen molar-refractivity contribution >= 4 is 34.8 Å². The summed E-state index contributed by atoms with van der Waals surface area (Å²) in [5.41, 5.74) is 6.64. The van der Waals surface area contributed by atoms with Gasteiger partial charge in [0.05, 0.1) is 15.7 Å². The highest BCUT2D eigenvalue weighted by Gasteiger charge is 2.40. The van der Waals surface area contributed by atoms with Gasteiger partial charge in [-0.05, 0) is 37.3 Å². The summed E-state index contributed by atoms with van der Waals surface area (Å²) in [5, 5.41) is 0.653. The molecule has 1 heterocycles. The zero-order chi connectivity index (χ0) is 12.9. The van der Waals surface area contributed by atoms with Crippen molar-refractivity contribution in [1.29, 1.82) is 0 Å². The third kappa shape index (κ3) is 1.86. The molecule has 2 fully saturated rings. The Kier molecular flexibility index (Phi) is 2.91. The van der Waals surface area contributed by atoms with Crippen LogP contribution >= 0.6 is 23.2 Å². The summed E-state index contributed by atoms with van der Waals surface area (Å²) in [6, 6.07) is 3.62. The number of nitrogen functional groups attached to an aromatic ring is 1. The minimum Gasteiger partial charge on any atom is -0.397 e. The van der Waals surface area contributed by atoms with Gasteiger partial charge in [0.1, 0.15) is 0 Å². The number of benzene rings is 1. The molecule has 2 N–H and O–H groups in total. The molecule has 0 spiro atoms. The molecule has 1 aliphatic carbocycles. The van der Waals surface area contributed by atoms with Gasteiger partial charge in [-0.15, -0.1) is 0 Å². The first kappa shape index (κ1) is 12.1. The minimum absolute atomic E-state index is 0.0208. The molecule has 2 aliphatic rings. The molecule has 96 valence electrons. The molecule has 2 bridgehead atoms. The van der Waals surface area contributed by atoms with Crippen molar-refractivity contribution in [1.82, 2.24) is 4.90 Å². The van der Waals surface area contributed by atoms with E-state index in [-0.39, 0.29) is 5.91 Å². The van der Waals surface area contributed by atoms with Gasteiger partial charge in [-0.1, -0.05) is 23.2 Å². The van der Waals surface area contributed by atoms with Crippen LogP contribution in [0.1, 0.15) is 29.6 Å². The van der Waals surface area contributed by atoms with Crippen LogP contribution < -0.4 is 5.73 Å². The van der Waals surface area contributed by atoms with E-state index in [1.807, 2.05) is 4.90 Å². The zero-order valence-corrected chi connectivity index (χ0v) is 11.3. The number of amides is 1. The van der Waals surface area contributed by atoms with Gasteiger partial charge in [-0.3, -0.25) is 4.79 Å². The molecule has 0 aromatic heterocycles. The number of anilines is 1. The maximum Gasteiger partial charge on any atom is 0.254 e. The predicted octanol–water partition coefficient (Wildman–Crippen LogP) is 3.20. The predicted molar refractivity (Wildman–Crippen MR) is 73.0 cm³/mol. The minimum atomic E-state index is 0.0208. The summed E-state index contributed by atoms with van der Waals surface area (Å²) in [6.45, 7) is 0.865. The lowest BCUT2D eigenvalue weighted by molar-refractivity contribution is 0.0703. The van der Waals surface area contributed by atoms with Gasteiger partial charge in [0, 0.05) is 18.2 Å². The van der Waals surface area contributed by atoms with Crippen LogP contribution in [-0.4, -0.2) is 23.4 Å². The van der Waals surface area contributed by atoms with E-state index in [0.29, 0.717) is 33.3 Å². The van der Waals surface area contributed by atoms with Gasteiger partial charge >= 0.3 is 0 Å². The van der Waals surface area contributed by atoms with Crippen LogP contribution in [0, 0.1) is 5.92 Å². The maximum atomic E-state index is 12.4. The van der Waals surface area contributed by atoms with Crippen LogP contribution in [0.5, 0.6) is 0 Å². The molecule has 3 rings (SSSR count). The van der Waals surface area contributed by atoms with E-state index in [1.54, 1.807) is 12.1 Å². The van der Waals surface area contributed by atoms with Gasteiger partial charge in [-0.25, -0.2) is 0 Å². The fourth-order valence-electron chi connectivity index (χ4n) is 3.07. The number of fused-ring (bicyclic) bond motifs is 2. The van der Waals surface area contributed by atoms with Gasteiger partial charge in [0.25, 0.3) is 5.91 Å². The largest absolute Gasteiger partial charge is 0.397 e. The van der Waals surface area contributed by atoms with Gasteiger partial charge < -0.3 is 10.6 Å². The summed E-state index contributed by atoms with van der Waals surface area (Å²) >= 11 is 11.9. The lowest BCUT2D eigenvalue weighted by Gasteiger charge is -2.27. The van der Waals surface area contributed by atoms with Crippen molar-refractivity contribution in [3.8, 4) is 0 Å². The molecule has 1 saturated heterocycles. The number of nitrogens with two attached hydrogens (primary N) is 1. The summed E-state index contributed by atoms with van der Waals surface area (Å²) in [4.78, 5) is 14.4. The maximum absolute atomic E-state index is 12.4. The lowest BCUT2D eigenvalue weighted by atomic mass is 10.1. The van der Waals surface area contributed by atoms with Crippen LogP contribution in [0.4, 0.5) is 5.69 Å². The molecule has 1 saturated carbocycles. The number of likely N-dealkylation sites (tertiary alicyclic amines) is 1. The van der Waals surface area contributed by atoms with E-state index in [4.69, 9.17) is 28.9 Å². The Morgan fingerprint density at radius 1 is 1.33 bits per heavy atom. The zero-order valence-electron chi connectivity index (χ0n) is 9.83. The number of halogens is 2. The summed E-state index contributed by atoms with van der Waals surface area (Å²) in [6.07, 6.45) is 3.51. The first-order chi connectivity index (χ1) is 8.56. The topological polar surface area (TPSA) is 46.3 Å². The SMILES string of the molecule is Nc1cc(C(=O)N2CC3CCC2C3)cc(Cl)c1Cl. The Morgan fingerprint density at radius 3 is 2.67 bits per heavy atom. The van der Waals surface area contributed by atoms with E-state index < -0.39 is 0 Å². The molecule has 1 aromatic rings. The van der Waals surface area contributed by atoms with E-state index in [2.05, 4.69) is 0 Å². The number of rotatable bonds is 1. The summed E-state index contributed by atoms with van der Waals surface area (Å²) < 4.78 is 0. The number of hydrogen-bond acceptors (Lipinski definition) is 2. The molecule has 1 amide bonds. The Labute approximate surface area is 116 Å². The second kappa shape index (κ2) is 4.32. The smallest absolute Gasteiger partial charge is 0.254 e. The fourth-order valence-corrected chi connectivity index (χ4v) is 3.41. The Morgan fingerprint density at radius 2 is 2.11 bits per heavy atom. The van der Waals surface area contributed by atoms with Gasteiger partial charge in [0.15, 0.2) is 0 Å². The van der Waals surface area contributed by atoms with Crippen LogP contribution in [0.2, 0.25) is 10.0 Å². The molecular weight excluding hydrogens is 271 g/mol. The van der Waals surface area contributed by atoms with Crippen LogP contribution in [-0.2, 0) is 0 Å². The van der Waals surface area contributed by atoms with Crippen molar-refractivity contribution in [2.45, 2.75) is 25.3 Å². The number of carbonyl (C=O) groups is 1. The highest BCUT2D eigenvalue weighted by Crippen LogP contribution is 2.39. The van der Waals surface area contributed by atoms with Crippen molar-refractivity contribution in [3.63, 3.8) is 0 Å². The molecule has 2 atom stereocenters. The monoisotopic (exact) mass is 284 g/mol. The Balaban J connectivity index is 1.89. The standard InChI is InChI=1S/C13H14Cl2N2O/c14-10-4-8(5-11(16)12(10)15)13(18)17-6-7-1-2-9(17)3-7/h4-5,7,9H,1-3,6,16H2. The van der Waals surface area contributed by atoms with Gasteiger partial charge in [0.2, 0.25) is 0 Å². The van der Waals surface area contributed by atoms with Crippen molar-refractivity contribution < 1.29 is 4.79 Å². The number of carbonyl (C=O) groups excluding carboxylic acids is 1. The Hall–Kier alpha value is -0.930. The van der Waals surface area contributed by atoms with Crippen LogP contribution in [0.3, 0.4) is 0 Å². The Bertz CT molecular complexity index is 495. The van der Waals surface area contributed by atoms with Crippen LogP contribution in [0.25, 0.3) is 0 Å². The second-order valence-corrected chi connectivity index (χ2v) is 5.94. The highest BCUT2D eigenvalue weighted by atomic mass is 35.5. The third-order valence-electron chi connectivity index (χ3n) is 3.97. The molecule has 3 nitrogen and oxygen atoms in total. The van der Waals surface area contributed by atoms with Crippen LogP contribution in [0.15, 0.2) is 12.1 Å². The first-order valence-electron chi connectivity index (χ1n) is 6.11. The molecule has 5 heteroatoms. The summed E-state index contributed by atoms with van der Waals surface area (Å²) in [7, 11) is 0. The normalized spacial score (nSPS) is 25.8.